The number of aliphatic hydroxyl groups excluding tert-OH is 2. The quantitative estimate of drug-likeness (QED) is 0.522. The highest BCUT2D eigenvalue weighted by Crippen LogP contribution is 2.43. The third-order valence-corrected chi connectivity index (χ3v) is 4.90. The number of nitrogens with two attached hydrogens (primary N) is 2. The van der Waals surface area contributed by atoms with E-state index in [9.17, 15) is 19.8 Å². The molecule has 132 valence electrons. The lowest BCUT2D eigenvalue weighted by Gasteiger charge is -2.17. The minimum atomic E-state index is -1.33. The summed E-state index contributed by atoms with van der Waals surface area (Å²) >= 11 is 1.01. The number of rotatable bonds is 5. The van der Waals surface area contributed by atoms with Gasteiger partial charge in [0.2, 0.25) is 0 Å². The number of aromatic nitrogens is 2. The van der Waals surface area contributed by atoms with E-state index in [0.29, 0.717) is 0 Å². The number of nitrogen functional groups attached to an aromatic ring is 1. The molecule has 0 bridgehead atoms. The smallest absolute Gasteiger partial charge is 0.350 e. The number of anilines is 1. The first-order valence-corrected chi connectivity index (χ1v) is 8.14. The maximum Gasteiger partial charge on any atom is 0.350 e. The molecule has 2 heterocycles. The summed E-state index contributed by atoms with van der Waals surface area (Å²) in [6.07, 6.45) is 0.0493. The van der Waals surface area contributed by atoms with Crippen LogP contribution in [0.5, 0.6) is 0 Å². The molecule has 10 heteroatoms. The molecule has 0 saturated carbocycles. The van der Waals surface area contributed by atoms with E-state index in [1.165, 1.54) is 12.3 Å². The predicted molar refractivity (Wildman–Crippen MR) is 89.0 cm³/mol. The van der Waals surface area contributed by atoms with Crippen LogP contribution in [0.2, 0.25) is 0 Å². The van der Waals surface area contributed by atoms with Gasteiger partial charge in [0.25, 0.3) is 0 Å². The van der Waals surface area contributed by atoms with Gasteiger partial charge in [-0.25, -0.2) is 4.79 Å². The molecular formula is C14H20N4O5S. The molecule has 24 heavy (non-hydrogen) atoms. The first kappa shape index (κ1) is 18.3. The van der Waals surface area contributed by atoms with Gasteiger partial charge >= 0.3 is 11.7 Å². The Hall–Kier alpha value is -2.04. The summed E-state index contributed by atoms with van der Waals surface area (Å²) in [7, 11) is 0. The van der Waals surface area contributed by atoms with Gasteiger partial charge < -0.3 is 26.4 Å². The van der Waals surface area contributed by atoms with E-state index in [-0.39, 0.29) is 29.0 Å². The van der Waals surface area contributed by atoms with Crippen molar-refractivity contribution in [1.82, 2.24) is 9.55 Å². The van der Waals surface area contributed by atoms with Crippen LogP contribution in [0.15, 0.2) is 27.7 Å². The molecule has 3 atom stereocenters. The minimum absolute atomic E-state index is 0.0581. The number of carbonyl (C=O) groups excluding carboxylic acids is 1. The molecule has 1 aliphatic heterocycles. The van der Waals surface area contributed by atoms with Crippen molar-refractivity contribution in [2.24, 2.45) is 11.7 Å². The third kappa shape index (κ3) is 3.71. The zero-order valence-corrected chi connectivity index (χ0v) is 14.1. The van der Waals surface area contributed by atoms with Crippen molar-refractivity contribution in [3.8, 4) is 0 Å². The summed E-state index contributed by atoms with van der Waals surface area (Å²) in [5.41, 5.74) is 10.5. The summed E-state index contributed by atoms with van der Waals surface area (Å²) in [4.78, 5) is 27.5. The van der Waals surface area contributed by atoms with Gasteiger partial charge in [0.05, 0.1) is 4.91 Å². The Morgan fingerprint density at radius 1 is 1.54 bits per heavy atom. The van der Waals surface area contributed by atoms with Gasteiger partial charge in [0.1, 0.15) is 35.7 Å². The number of ether oxygens (including phenoxy) is 1. The molecule has 0 aromatic carbocycles. The average Bonchev–Trinajstić information content (AvgIpc) is 2.80. The highest BCUT2D eigenvalue weighted by Gasteiger charge is 2.37. The lowest BCUT2D eigenvalue weighted by molar-refractivity contribution is -0.145. The van der Waals surface area contributed by atoms with E-state index in [4.69, 9.17) is 16.2 Å². The lowest BCUT2D eigenvalue weighted by Crippen LogP contribution is -2.37. The van der Waals surface area contributed by atoms with Crippen LogP contribution in [0.25, 0.3) is 0 Å². The van der Waals surface area contributed by atoms with E-state index >= 15 is 0 Å². The van der Waals surface area contributed by atoms with Crippen molar-refractivity contribution in [1.29, 1.82) is 0 Å². The van der Waals surface area contributed by atoms with Gasteiger partial charge in [0.15, 0.2) is 0 Å². The van der Waals surface area contributed by atoms with Crippen LogP contribution in [0, 0.1) is 5.92 Å². The molecular weight excluding hydrogens is 336 g/mol. The number of hydrogen-bond donors (Lipinski definition) is 4. The zero-order chi connectivity index (χ0) is 18.0. The van der Waals surface area contributed by atoms with E-state index in [1.807, 2.05) is 0 Å². The van der Waals surface area contributed by atoms with Crippen molar-refractivity contribution in [3.63, 3.8) is 0 Å². The molecule has 2 rings (SSSR count). The lowest BCUT2D eigenvalue weighted by atomic mass is 10.1. The Kier molecular flexibility index (Phi) is 5.52. The second-order valence-corrected chi connectivity index (χ2v) is 6.89. The fourth-order valence-electron chi connectivity index (χ4n) is 2.01. The Bertz CT molecular complexity index is 717. The minimum Gasteiger partial charge on any atom is -0.508 e. The normalized spacial score (nSPS) is 22.0. The number of carbonyl (C=O) groups is 1. The van der Waals surface area contributed by atoms with E-state index in [1.54, 1.807) is 13.8 Å². The van der Waals surface area contributed by atoms with Crippen molar-refractivity contribution in [2.75, 3.05) is 12.3 Å². The average molecular weight is 356 g/mol. The van der Waals surface area contributed by atoms with Crippen molar-refractivity contribution in [3.05, 3.63) is 33.4 Å². The fraction of sp³-hybridized carbons (Fsp3) is 0.500. The molecule has 1 aromatic heterocycles. The molecule has 6 N–H and O–H groups in total. The third-order valence-electron chi connectivity index (χ3n) is 3.56. The number of nitrogens with zero attached hydrogens (tertiary/aromatic N) is 2. The summed E-state index contributed by atoms with van der Waals surface area (Å²) in [5.74, 6) is -0.980. The van der Waals surface area contributed by atoms with Crippen LogP contribution in [0.4, 0.5) is 5.82 Å². The molecule has 0 amide bonds. The Morgan fingerprint density at radius 3 is 2.79 bits per heavy atom. The second-order valence-electron chi connectivity index (χ2n) is 5.68. The van der Waals surface area contributed by atoms with Gasteiger partial charge in [0, 0.05) is 6.20 Å². The Morgan fingerprint density at radius 2 is 2.21 bits per heavy atom. The van der Waals surface area contributed by atoms with Crippen molar-refractivity contribution >= 4 is 23.5 Å². The van der Waals surface area contributed by atoms with Crippen molar-refractivity contribution in [2.45, 2.75) is 31.4 Å². The SMILES string of the molecule is CC(C)[C@@H](N)C(=O)OCC1=C(O)C(O)[C@H](n2ccc(N)nc2=O)S1. The Balaban J connectivity index is 2.08. The number of thioether (sulfide) groups is 1. The van der Waals surface area contributed by atoms with Gasteiger partial charge in [-0.15, -0.1) is 0 Å². The van der Waals surface area contributed by atoms with Gasteiger partial charge in [-0.3, -0.25) is 9.36 Å². The number of esters is 1. The van der Waals surface area contributed by atoms with Crippen molar-refractivity contribution < 1.29 is 19.7 Å². The molecule has 1 unspecified atom stereocenters. The summed E-state index contributed by atoms with van der Waals surface area (Å²) in [6, 6.07) is 0.634. The highest BCUT2D eigenvalue weighted by molar-refractivity contribution is 8.03. The molecule has 0 aliphatic carbocycles. The van der Waals surface area contributed by atoms with Crippen LogP contribution in [0.1, 0.15) is 19.2 Å². The number of hydrogen-bond acceptors (Lipinski definition) is 9. The molecule has 9 nitrogen and oxygen atoms in total. The topological polar surface area (TPSA) is 154 Å². The Labute approximate surface area is 142 Å². The first-order valence-electron chi connectivity index (χ1n) is 7.26. The predicted octanol–water partition coefficient (Wildman–Crippen LogP) is -0.272. The van der Waals surface area contributed by atoms with Crippen LogP contribution in [0.3, 0.4) is 0 Å². The zero-order valence-electron chi connectivity index (χ0n) is 13.2. The summed E-state index contributed by atoms with van der Waals surface area (Å²) in [5, 5.41) is 19.3. The summed E-state index contributed by atoms with van der Waals surface area (Å²) < 4.78 is 6.21. The highest BCUT2D eigenvalue weighted by atomic mass is 32.2. The van der Waals surface area contributed by atoms with E-state index in [0.717, 1.165) is 16.3 Å². The van der Waals surface area contributed by atoms with Gasteiger partial charge in [-0.05, 0) is 12.0 Å². The summed E-state index contributed by atoms with van der Waals surface area (Å²) in [6.45, 7) is 3.33. The first-order chi connectivity index (χ1) is 11.2. The van der Waals surface area contributed by atoms with E-state index in [2.05, 4.69) is 4.98 Å². The molecule has 1 aromatic rings. The molecule has 0 saturated heterocycles. The molecule has 0 spiro atoms. The van der Waals surface area contributed by atoms with Crippen LogP contribution >= 0.6 is 11.8 Å². The molecule has 0 fully saturated rings. The standard InChI is InChI=1S/C14H20N4O5S/c1-6(2)9(16)13(21)23-5-7-10(19)11(20)12(24-7)18-4-3-8(15)17-14(18)22/h3-4,6,9,11-12,19-20H,5,16H2,1-2H3,(H2,15,17,22)/t9-,11?,12-/m1/s1. The number of aliphatic hydroxyl groups is 2. The fourth-order valence-corrected chi connectivity index (χ4v) is 3.20. The second kappa shape index (κ2) is 7.24. The largest absolute Gasteiger partial charge is 0.508 e. The van der Waals surface area contributed by atoms with Gasteiger partial charge in [-0.2, -0.15) is 4.98 Å². The van der Waals surface area contributed by atoms with Crippen LogP contribution in [-0.2, 0) is 9.53 Å². The monoisotopic (exact) mass is 356 g/mol. The molecule has 0 radical (unpaired) electrons. The molecule has 1 aliphatic rings. The van der Waals surface area contributed by atoms with Gasteiger partial charge in [-0.1, -0.05) is 25.6 Å². The maximum atomic E-state index is 11.9. The van der Waals surface area contributed by atoms with E-state index < -0.39 is 29.2 Å². The van der Waals surface area contributed by atoms with Crippen LogP contribution in [-0.4, -0.2) is 44.5 Å². The van der Waals surface area contributed by atoms with Crippen LogP contribution < -0.4 is 17.2 Å². The maximum absolute atomic E-state index is 11.9.